The zero-order valence-corrected chi connectivity index (χ0v) is 11.2. The fraction of sp³-hybridized carbons (Fsp3) is 0.800. The molecule has 0 heterocycles. The molecule has 0 rings (SSSR count). The van der Waals surface area contributed by atoms with E-state index in [1.165, 1.54) is 0 Å². The average molecular weight is 332 g/mol. The molecule has 0 radical (unpaired) electrons. The molecule has 12 heteroatoms. The van der Waals surface area contributed by atoms with Crippen molar-refractivity contribution < 1.29 is 60.7 Å². The molecular formula is C10H20O12. The molecule has 12 nitrogen and oxygen atoms in total. The molecule has 0 aliphatic carbocycles. The average Bonchev–Trinajstić information content (AvgIpc) is 2.50. The monoisotopic (exact) mass is 332 g/mol. The molecule has 0 saturated heterocycles. The number of aliphatic carboxylic acids is 2. The van der Waals surface area contributed by atoms with E-state index in [-0.39, 0.29) is 0 Å². The van der Waals surface area contributed by atoms with Crippen LogP contribution in [0.4, 0.5) is 0 Å². The number of carbonyl (C=O) groups is 2. The molecule has 0 aliphatic rings. The first kappa shape index (κ1) is 22.9. The zero-order valence-electron chi connectivity index (χ0n) is 11.2. The molecule has 2 unspecified atom stereocenters. The molecule has 0 fully saturated rings. The summed E-state index contributed by atoms with van der Waals surface area (Å²) in [6, 6.07) is 0. The number of hydrogen-bond donors (Lipinski definition) is 10. The van der Waals surface area contributed by atoms with Crippen LogP contribution in [0.1, 0.15) is 0 Å². The van der Waals surface area contributed by atoms with E-state index in [2.05, 4.69) is 0 Å². The van der Waals surface area contributed by atoms with Gasteiger partial charge in [0.05, 0.1) is 13.2 Å². The van der Waals surface area contributed by atoms with Crippen molar-refractivity contribution in [1.82, 2.24) is 0 Å². The number of rotatable bonds is 8. The van der Waals surface area contributed by atoms with Crippen molar-refractivity contribution in [3.8, 4) is 0 Å². The van der Waals surface area contributed by atoms with Crippen molar-refractivity contribution >= 4 is 11.9 Å². The van der Waals surface area contributed by atoms with Gasteiger partial charge in [0.2, 0.25) is 0 Å². The Kier molecular flexibility index (Phi) is 11.7. The van der Waals surface area contributed by atoms with E-state index in [1.807, 2.05) is 0 Å². The van der Waals surface area contributed by atoms with Gasteiger partial charge in [-0.2, -0.15) is 0 Å². The van der Waals surface area contributed by atoms with Gasteiger partial charge in [0, 0.05) is 0 Å². The zero-order chi connectivity index (χ0) is 18.0. The molecule has 0 amide bonds. The van der Waals surface area contributed by atoms with Crippen molar-refractivity contribution in [2.75, 3.05) is 13.2 Å². The molecule has 22 heavy (non-hydrogen) atoms. The normalized spacial score (nSPS) is 18.9. The third-order valence-corrected chi connectivity index (χ3v) is 2.32. The topological polar surface area (TPSA) is 236 Å². The fourth-order valence-electron chi connectivity index (χ4n) is 0.941. The highest BCUT2D eigenvalue weighted by Gasteiger charge is 2.30. The third kappa shape index (κ3) is 8.16. The summed E-state index contributed by atoms with van der Waals surface area (Å²) < 4.78 is 0. The Morgan fingerprint density at radius 1 is 0.636 bits per heavy atom. The Hall–Kier alpha value is -1.38. The van der Waals surface area contributed by atoms with Crippen LogP contribution in [0.15, 0.2) is 0 Å². The Morgan fingerprint density at radius 3 is 1.00 bits per heavy atom. The summed E-state index contributed by atoms with van der Waals surface area (Å²) in [5.41, 5.74) is 0. The summed E-state index contributed by atoms with van der Waals surface area (Å²) in [5, 5.41) is 84.7. The van der Waals surface area contributed by atoms with E-state index in [0.717, 1.165) is 0 Å². The van der Waals surface area contributed by atoms with Gasteiger partial charge in [-0.25, -0.2) is 9.59 Å². The third-order valence-electron chi connectivity index (χ3n) is 2.32. The lowest BCUT2D eigenvalue weighted by Crippen LogP contribution is -2.46. The number of carboxylic acids is 2. The SMILES string of the molecule is O=C(O)C(O)C(O)C(=O)O.OC[C@@H](O)[C@@H](O)[C@H](O)[C@H](O)CO. The molecule has 0 aromatic rings. The summed E-state index contributed by atoms with van der Waals surface area (Å²) in [5.74, 6) is -3.54. The van der Waals surface area contributed by atoms with Gasteiger partial charge in [-0.05, 0) is 0 Å². The van der Waals surface area contributed by atoms with Crippen LogP contribution in [0.3, 0.4) is 0 Å². The van der Waals surface area contributed by atoms with Crippen molar-refractivity contribution in [3.63, 3.8) is 0 Å². The molecular weight excluding hydrogens is 312 g/mol. The highest BCUT2D eigenvalue weighted by Crippen LogP contribution is 2.04. The first-order valence-corrected chi connectivity index (χ1v) is 5.76. The molecule has 0 aromatic heterocycles. The van der Waals surface area contributed by atoms with Gasteiger partial charge in [0.25, 0.3) is 0 Å². The molecule has 0 saturated carbocycles. The minimum absolute atomic E-state index is 0.726. The molecule has 132 valence electrons. The van der Waals surface area contributed by atoms with E-state index >= 15 is 0 Å². The van der Waals surface area contributed by atoms with Crippen LogP contribution in [-0.2, 0) is 9.59 Å². The Morgan fingerprint density at radius 2 is 0.864 bits per heavy atom. The van der Waals surface area contributed by atoms with Gasteiger partial charge in [-0.1, -0.05) is 0 Å². The van der Waals surface area contributed by atoms with Crippen LogP contribution in [0.25, 0.3) is 0 Å². The highest BCUT2D eigenvalue weighted by atomic mass is 16.4. The summed E-state index contributed by atoms with van der Waals surface area (Å²) >= 11 is 0. The van der Waals surface area contributed by atoms with Gasteiger partial charge < -0.3 is 51.1 Å². The van der Waals surface area contributed by atoms with Crippen molar-refractivity contribution in [2.24, 2.45) is 0 Å². The quantitative estimate of drug-likeness (QED) is 0.200. The Bertz CT molecular complexity index is 302. The number of carboxylic acid groups (broad SMARTS) is 2. The summed E-state index contributed by atoms with van der Waals surface area (Å²) in [7, 11) is 0. The predicted molar refractivity (Wildman–Crippen MR) is 65.5 cm³/mol. The van der Waals surface area contributed by atoms with Gasteiger partial charge in [0.1, 0.15) is 24.4 Å². The van der Waals surface area contributed by atoms with E-state index in [0.29, 0.717) is 0 Å². The lowest BCUT2D eigenvalue weighted by atomic mass is 10.0. The first-order valence-electron chi connectivity index (χ1n) is 5.76. The van der Waals surface area contributed by atoms with Crippen LogP contribution in [0, 0.1) is 0 Å². The van der Waals surface area contributed by atoms with Crippen LogP contribution in [0.2, 0.25) is 0 Å². The van der Waals surface area contributed by atoms with E-state index in [1.54, 1.807) is 0 Å². The molecule has 0 spiro atoms. The molecule has 0 bridgehead atoms. The maximum atomic E-state index is 9.77. The standard InChI is InChI=1S/C6H14O6.C4H6O6/c7-1-3(9)5(11)6(12)4(10)2-8;5-1(3(7)8)2(6)4(9)10/h3-12H,1-2H2;1-2,5-6H,(H,7,8)(H,9,10)/t3-,4-,5-,6-;/m1./s1. The van der Waals surface area contributed by atoms with Gasteiger partial charge >= 0.3 is 11.9 Å². The summed E-state index contributed by atoms with van der Waals surface area (Å²) in [4.78, 5) is 19.5. The largest absolute Gasteiger partial charge is 0.479 e. The Balaban J connectivity index is 0. The molecule has 0 aromatic carbocycles. The lowest BCUT2D eigenvalue weighted by Gasteiger charge is -2.24. The summed E-state index contributed by atoms with van der Waals surface area (Å²) in [6.45, 7) is -1.45. The van der Waals surface area contributed by atoms with Crippen molar-refractivity contribution in [1.29, 1.82) is 0 Å². The van der Waals surface area contributed by atoms with E-state index in [4.69, 9.17) is 51.1 Å². The molecule has 0 aliphatic heterocycles. The highest BCUT2D eigenvalue weighted by molar-refractivity contribution is 5.83. The van der Waals surface area contributed by atoms with Gasteiger partial charge in [-0.3, -0.25) is 0 Å². The lowest BCUT2D eigenvalue weighted by molar-refractivity contribution is -0.165. The van der Waals surface area contributed by atoms with E-state index < -0.39 is 61.8 Å². The number of aliphatic hydroxyl groups is 8. The Labute approximate surface area is 123 Å². The van der Waals surface area contributed by atoms with Crippen molar-refractivity contribution in [3.05, 3.63) is 0 Å². The minimum Gasteiger partial charge on any atom is -0.479 e. The maximum absolute atomic E-state index is 9.77. The molecule has 10 N–H and O–H groups in total. The second kappa shape index (κ2) is 11.2. The summed E-state index contributed by atoms with van der Waals surface area (Å²) in [6.07, 6.45) is -10.9. The second-order valence-corrected chi connectivity index (χ2v) is 4.05. The fourth-order valence-corrected chi connectivity index (χ4v) is 0.941. The van der Waals surface area contributed by atoms with Crippen molar-refractivity contribution in [2.45, 2.75) is 36.6 Å². The van der Waals surface area contributed by atoms with Crippen LogP contribution in [0.5, 0.6) is 0 Å². The minimum atomic E-state index is -2.27. The van der Waals surface area contributed by atoms with Gasteiger partial charge in [-0.15, -0.1) is 0 Å². The number of hydrogen-bond acceptors (Lipinski definition) is 10. The smallest absolute Gasteiger partial charge is 0.335 e. The molecule has 6 atom stereocenters. The van der Waals surface area contributed by atoms with Crippen LogP contribution in [-0.4, -0.2) is 113 Å². The van der Waals surface area contributed by atoms with E-state index in [9.17, 15) is 9.59 Å². The predicted octanol–water partition coefficient (Wildman–Crippen LogP) is -5.71. The number of aliphatic hydroxyl groups excluding tert-OH is 8. The maximum Gasteiger partial charge on any atom is 0.335 e. The first-order chi connectivity index (χ1) is 10.0. The van der Waals surface area contributed by atoms with Crippen LogP contribution < -0.4 is 0 Å². The van der Waals surface area contributed by atoms with Gasteiger partial charge in [0.15, 0.2) is 12.2 Å². The second-order valence-electron chi connectivity index (χ2n) is 4.05. The van der Waals surface area contributed by atoms with Crippen LogP contribution >= 0.6 is 0 Å².